The van der Waals surface area contributed by atoms with Crippen molar-refractivity contribution in [3.05, 3.63) is 50.9 Å². The molecule has 31 heavy (non-hydrogen) atoms. The Morgan fingerprint density at radius 2 is 1.94 bits per heavy atom. The number of aromatic amines is 1. The predicted molar refractivity (Wildman–Crippen MR) is 121 cm³/mol. The summed E-state index contributed by atoms with van der Waals surface area (Å²) in [7, 11) is 0. The largest absolute Gasteiger partial charge is 0.393 e. The second-order valence-electron chi connectivity index (χ2n) is 8.85. The topological polar surface area (TPSA) is 86.3 Å². The molecule has 2 aliphatic rings. The van der Waals surface area contributed by atoms with Gasteiger partial charge in [-0.05, 0) is 56.4 Å². The van der Waals surface area contributed by atoms with E-state index in [0.717, 1.165) is 30.5 Å². The molecule has 1 aliphatic heterocycles. The van der Waals surface area contributed by atoms with E-state index in [2.05, 4.69) is 11.9 Å². The summed E-state index contributed by atoms with van der Waals surface area (Å²) in [5.41, 5.74) is 2.07. The number of aliphatic hydroxyl groups excluding tert-OH is 1. The molecular weight excluding hydrogens is 414 g/mol. The highest BCUT2D eigenvalue weighted by Crippen LogP contribution is 2.33. The molecule has 2 heterocycles. The number of fused-ring (bicyclic) bond motifs is 1. The molecule has 0 bridgehead atoms. The van der Waals surface area contributed by atoms with E-state index in [9.17, 15) is 14.7 Å². The molecule has 7 heteroatoms. The summed E-state index contributed by atoms with van der Waals surface area (Å²) in [6, 6.07) is 7.27. The van der Waals surface area contributed by atoms with Crippen molar-refractivity contribution >= 4 is 17.5 Å². The summed E-state index contributed by atoms with van der Waals surface area (Å²) < 4.78 is 0. The maximum atomic E-state index is 13.2. The van der Waals surface area contributed by atoms with Crippen molar-refractivity contribution in [3.63, 3.8) is 0 Å². The summed E-state index contributed by atoms with van der Waals surface area (Å²) >= 11 is 6.00. The molecule has 2 aromatic rings. The lowest BCUT2D eigenvalue weighted by Gasteiger charge is -2.37. The van der Waals surface area contributed by atoms with Gasteiger partial charge in [-0.15, -0.1) is 0 Å². The molecule has 1 saturated carbocycles. The first-order valence-corrected chi connectivity index (χ1v) is 11.7. The Kier molecular flexibility index (Phi) is 6.77. The minimum absolute atomic E-state index is 0.0511. The molecule has 0 radical (unpaired) electrons. The zero-order valence-corrected chi connectivity index (χ0v) is 18.7. The van der Waals surface area contributed by atoms with Gasteiger partial charge in [0.05, 0.1) is 23.9 Å². The predicted octanol–water partition coefficient (Wildman–Crippen LogP) is 4.26. The molecule has 1 aromatic carbocycles. The Morgan fingerprint density at radius 1 is 1.23 bits per heavy atom. The fraction of sp³-hybridized carbons (Fsp3) is 0.542. The first kappa shape index (κ1) is 22.0. The number of H-pyrrole nitrogens is 1. The summed E-state index contributed by atoms with van der Waals surface area (Å²) in [5.74, 6) is 0.649. The lowest BCUT2D eigenvalue weighted by atomic mass is 9.85. The molecule has 0 spiro atoms. The van der Waals surface area contributed by atoms with Gasteiger partial charge in [-0.2, -0.15) is 0 Å². The van der Waals surface area contributed by atoms with Crippen molar-refractivity contribution in [2.45, 2.75) is 70.4 Å². The number of carbonyl (C=O) groups excluding carboxylic acids is 1. The maximum absolute atomic E-state index is 13.2. The minimum atomic E-state index is -0.290. The Labute approximate surface area is 187 Å². The molecule has 1 aromatic heterocycles. The van der Waals surface area contributed by atoms with Crippen molar-refractivity contribution < 1.29 is 9.90 Å². The maximum Gasteiger partial charge on any atom is 0.256 e. The Morgan fingerprint density at radius 3 is 2.61 bits per heavy atom. The van der Waals surface area contributed by atoms with Crippen molar-refractivity contribution in [2.24, 2.45) is 5.92 Å². The van der Waals surface area contributed by atoms with Gasteiger partial charge in [0.1, 0.15) is 5.82 Å². The molecule has 0 saturated heterocycles. The number of nitrogens with one attached hydrogen (secondary N) is 1. The molecule has 1 amide bonds. The van der Waals surface area contributed by atoms with Crippen LogP contribution in [0.3, 0.4) is 0 Å². The Hall–Kier alpha value is -2.18. The second kappa shape index (κ2) is 9.53. The summed E-state index contributed by atoms with van der Waals surface area (Å²) in [6.45, 7) is 3.05. The lowest BCUT2D eigenvalue weighted by Crippen LogP contribution is -2.45. The number of benzene rings is 1. The van der Waals surface area contributed by atoms with Crippen LogP contribution in [0.4, 0.5) is 0 Å². The summed E-state index contributed by atoms with van der Waals surface area (Å²) in [6.07, 6.45) is 5.45. The lowest BCUT2D eigenvalue weighted by molar-refractivity contribution is -0.138. The van der Waals surface area contributed by atoms with Crippen LogP contribution < -0.4 is 5.56 Å². The third-order valence-electron chi connectivity index (χ3n) is 6.61. The summed E-state index contributed by atoms with van der Waals surface area (Å²) in [5, 5.41) is 10.4. The average molecular weight is 444 g/mol. The van der Waals surface area contributed by atoms with Gasteiger partial charge in [-0.3, -0.25) is 9.59 Å². The molecule has 4 rings (SSSR count). The number of hydrogen-bond acceptors (Lipinski definition) is 4. The van der Waals surface area contributed by atoms with Crippen LogP contribution in [0.15, 0.2) is 29.1 Å². The van der Waals surface area contributed by atoms with Gasteiger partial charge in [-0.25, -0.2) is 4.98 Å². The SMILES string of the molecule is CCCCC1CN(C(=O)[C@H]2CC[C@H](O)CC2)Cc2c1nc(-c1ccc(Cl)cc1)[nH]c2=O. The van der Waals surface area contributed by atoms with E-state index in [0.29, 0.717) is 55.2 Å². The third kappa shape index (κ3) is 4.85. The number of hydrogen-bond donors (Lipinski definition) is 2. The second-order valence-corrected chi connectivity index (χ2v) is 9.29. The van der Waals surface area contributed by atoms with Gasteiger partial charge >= 0.3 is 0 Å². The van der Waals surface area contributed by atoms with Crippen molar-refractivity contribution in [3.8, 4) is 11.4 Å². The summed E-state index contributed by atoms with van der Waals surface area (Å²) in [4.78, 5) is 35.9. The average Bonchev–Trinajstić information content (AvgIpc) is 2.78. The molecule has 6 nitrogen and oxygen atoms in total. The highest BCUT2D eigenvalue weighted by molar-refractivity contribution is 6.30. The van der Waals surface area contributed by atoms with Crippen LogP contribution in [-0.2, 0) is 11.3 Å². The number of carbonyl (C=O) groups is 1. The van der Waals surface area contributed by atoms with Crippen LogP contribution in [-0.4, -0.2) is 38.5 Å². The standard InChI is InChI=1S/C24H30ClN3O3/c1-2-3-4-17-13-28(24(31)16-7-11-19(29)12-8-16)14-20-21(17)26-22(27-23(20)30)15-5-9-18(25)10-6-15/h5-6,9-10,16-17,19,29H,2-4,7-8,11-14H2,1H3,(H,26,27,30)/t16-,17?,19-. The zero-order valence-electron chi connectivity index (χ0n) is 17.9. The molecular formula is C24H30ClN3O3. The van der Waals surface area contributed by atoms with Crippen molar-refractivity contribution in [1.82, 2.24) is 14.9 Å². The van der Waals surface area contributed by atoms with Crippen LogP contribution in [0, 0.1) is 5.92 Å². The van der Waals surface area contributed by atoms with Gasteiger partial charge in [0.25, 0.3) is 5.56 Å². The van der Waals surface area contributed by atoms with Crippen LogP contribution in [0.1, 0.15) is 69.0 Å². The van der Waals surface area contributed by atoms with Crippen molar-refractivity contribution in [2.75, 3.05) is 6.54 Å². The number of aliphatic hydroxyl groups is 1. The number of aromatic nitrogens is 2. The number of amides is 1. The van der Waals surface area contributed by atoms with Gasteiger partial charge in [-0.1, -0.05) is 31.4 Å². The number of unbranched alkanes of at least 4 members (excludes halogenated alkanes) is 1. The van der Waals surface area contributed by atoms with Gasteiger partial charge in [0.2, 0.25) is 5.91 Å². The normalized spacial score (nSPS) is 23.5. The quantitative estimate of drug-likeness (QED) is 0.722. The third-order valence-corrected chi connectivity index (χ3v) is 6.86. The number of rotatable bonds is 5. The molecule has 166 valence electrons. The van der Waals surface area contributed by atoms with Gasteiger partial charge in [0.15, 0.2) is 0 Å². The highest BCUT2D eigenvalue weighted by Gasteiger charge is 2.35. The first-order chi connectivity index (χ1) is 15.0. The molecule has 2 N–H and O–H groups in total. The molecule has 1 fully saturated rings. The van der Waals surface area contributed by atoms with E-state index in [4.69, 9.17) is 16.6 Å². The molecule has 1 unspecified atom stereocenters. The van der Waals surface area contributed by atoms with Gasteiger partial charge < -0.3 is 15.0 Å². The fourth-order valence-corrected chi connectivity index (χ4v) is 4.91. The van der Waals surface area contributed by atoms with Crippen molar-refractivity contribution in [1.29, 1.82) is 0 Å². The first-order valence-electron chi connectivity index (χ1n) is 11.3. The van der Waals surface area contributed by atoms with Crippen LogP contribution in [0.2, 0.25) is 5.02 Å². The van der Waals surface area contributed by atoms with Gasteiger partial charge in [0, 0.05) is 29.0 Å². The number of halogens is 1. The highest BCUT2D eigenvalue weighted by atomic mass is 35.5. The monoisotopic (exact) mass is 443 g/mol. The smallest absolute Gasteiger partial charge is 0.256 e. The fourth-order valence-electron chi connectivity index (χ4n) is 4.79. The van der Waals surface area contributed by atoms with Crippen LogP contribution in [0.5, 0.6) is 0 Å². The van der Waals surface area contributed by atoms with Crippen LogP contribution >= 0.6 is 11.6 Å². The Bertz CT molecular complexity index is 981. The van der Waals surface area contributed by atoms with E-state index in [1.807, 2.05) is 17.0 Å². The van der Waals surface area contributed by atoms with E-state index < -0.39 is 0 Å². The molecule has 1 atom stereocenters. The zero-order chi connectivity index (χ0) is 22.0. The van der Waals surface area contributed by atoms with E-state index in [1.165, 1.54) is 0 Å². The number of nitrogens with zero attached hydrogens (tertiary/aromatic N) is 2. The molecule has 1 aliphatic carbocycles. The van der Waals surface area contributed by atoms with Crippen LogP contribution in [0.25, 0.3) is 11.4 Å². The van der Waals surface area contributed by atoms with E-state index in [1.54, 1.807) is 12.1 Å². The van der Waals surface area contributed by atoms with E-state index in [-0.39, 0.29) is 29.4 Å². The van der Waals surface area contributed by atoms with E-state index >= 15 is 0 Å². The Balaban J connectivity index is 1.64. The minimum Gasteiger partial charge on any atom is -0.393 e.